The van der Waals surface area contributed by atoms with E-state index < -0.39 is 5.97 Å². The van der Waals surface area contributed by atoms with Crippen molar-refractivity contribution in [1.82, 2.24) is 0 Å². The van der Waals surface area contributed by atoms with Crippen LogP contribution in [0.1, 0.15) is 91.4 Å². The van der Waals surface area contributed by atoms with Gasteiger partial charge in [0.15, 0.2) is 5.78 Å². The smallest absolute Gasteiger partial charge is 0.282 e. The second-order valence-corrected chi connectivity index (χ2v) is 7.73. The first-order valence-corrected chi connectivity index (χ1v) is 10.7. The molecule has 0 aromatic rings. The van der Waals surface area contributed by atoms with Gasteiger partial charge in [-0.1, -0.05) is 59.0 Å². The summed E-state index contributed by atoms with van der Waals surface area (Å²) in [6.45, 7) is 10.0. The van der Waals surface area contributed by atoms with Crippen LogP contribution in [0.15, 0.2) is 12.2 Å². The van der Waals surface area contributed by atoms with Crippen LogP contribution < -0.4 is 0 Å². The molecule has 0 aromatic heterocycles. The zero-order valence-electron chi connectivity index (χ0n) is 18.8. The van der Waals surface area contributed by atoms with E-state index in [1.807, 2.05) is 0 Å². The predicted molar refractivity (Wildman–Crippen MR) is 113 cm³/mol. The topological polar surface area (TPSA) is 44.8 Å². The predicted octanol–water partition coefficient (Wildman–Crippen LogP) is 6.29. The molecule has 0 fully saturated rings. The van der Waals surface area contributed by atoms with Gasteiger partial charge in [0.25, 0.3) is 5.97 Å². The number of allylic oxidation sites excluding steroid dienone is 1. The summed E-state index contributed by atoms with van der Waals surface area (Å²) in [5.74, 6) is 0.195. The van der Waals surface area contributed by atoms with E-state index in [1.54, 1.807) is 28.3 Å². The molecule has 0 spiro atoms. The lowest BCUT2D eigenvalue weighted by atomic mass is 9.79. The molecular formula is C23H44O4. The summed E-state index contributed by atoms with van der Waals surface area (Å²) in [5, 5.41) is 0. The number of ether oxygens (including phenoxy) is 3. The van der Waals surface area contributed by atoms with Gasteiger partial charge in [0, 0.05) is 34.2 Å². The molecule has 0 N–H and O–H groups in total. The van der Waals surface area contributed by atoms with Crippen molar-refractivity contribution in [2.75, 3.05) is 21.3 Å². The number of unbranched alkanes of at least 4 members (excludes halogenated alkanes) is 4. The Balaban J connectivity index is 4.92. The van der Waals surface area contributed by atoms with E-state index in [2.05, 4.69) is 20.4 Å². The van der Waals surface area contributed by atoms with Crippen LogP contribution in [0.4, 0.5) is 0 Å². The van der Waals surface area contributed by atoms with Crippen molar-refractivity contribution < 1.29 is 19.0 Å². The van der Waals surface area contributed by atoms with Crippen LogP contribution in [-0.4, -0.2) is 33.1 Å². The summed E-state index contributed by atoms with van der Waals surface area (Å²) in [7, 11) is 4.91. The number of hydrogen-bond donors (Lipinski definition) is 0. The maximum Gasteiger partial charge on any atom is 0.282 e. The SMILES string of the molecule is C=C(C)C(=O)CCCC(CC)C(CCCCCCC)CC(OC)(OC)OC. The highest BCUT2D eigenvalue weighted by atomic mass is 16.9. The van der Waals surface area contributed by atoms with Gasteiger partial charge in [-0.05, 0) is 43.6 Å². The van der Waals surface area contributed by atoms with Crippen molar-refractivity contribution >= 4 is 5.78 Å². The fraction of sp³-hybridized carbons (Fsp3) is 0.870. The van der Waals surface area contributed by atoms with Crippen LogP contribution in [0.5, 0.6) is 0 Å². The van der Waals surface area contributed by atoms with Gasteiger partial charge in [0.05, 0.1) is 0 Å². The third-order valence-electron chi connectivity index (χ3n) is 5.77. The van der Waals surface area contributed by atoms with Gasteiger partial charge in [-0.3, -0.25) is 4.79 Å². The van der Waals surface area contributed by atoms with Gasteiger partial charge in [-0.15, -0.1) is 0 Å². The van der Waals surface area contributed by atoms with Gasteiger partial charge in [-0.25, -0.2) is 0 Å². The lowest BCUT2D eigenvalue weighted by Crippen LogP contribution is -2.39. The molecule has 0 amide bonds. The third kappa shape index (κ3) is 10.4. The second kappa shape index (κ2) is 15.2. The van der Waals surface area contributed by atoms with E-state index in [-0.39, 0.29) is 5.78 Å². The van der Waals surface area contributed by atoms with E-state index in [9.17, 15) is 4.79 Å². The molecule has 0 heterocycles. The average Bonchev–Trinajstić information content (AvgIpc) is 2.68. The standard InChI is InChI=1S/C23H44O4/c1-8-10-11-12-13-15-21(18-23(25-5,26-6)27-7)20(9-2)16-14-17-22(24)19(3)4/h20-21H,3,8-18H2,1-2,4-7H3. The molecule has 0 aliphatic rings. The quantitative estimate of drug-likeness (QED) is 0.158. The molecule has 4 heteroatoms. The molecule has 4 nitrogen and oxygen atoms in total. The zero-order chi connectivity index (χ0) is 20.7. The van der Waals surface area contributed by atoms with Crippen molar-refractivity contribution in [2.24, 2.45) is 11.8 Å². The monoisotopic (exact) mass is 384 g/mol. The first kappa shape index (κ1) is 26.3. The van der Waals surface area contributed by atoms with Gasteiger partial charge in [0.2, 0.25) is 0 Å². The average molecular weight is 385 g/mol. The van der Waals surface area contributed by atoms with E-state index in [4.69, 9.17) is 14.2 Å². The lowest BCUT2D eigenvalue weighted by molar-refractivity contribution is -0.361. The Morgan fingerprint density at radius 3 is 1.93 bits per heavy atom. The number of methoxy groups -OCH3 is 3. The molecule has 0 aliphatic carbocycles. The highest BCUT2D eigenvalue weighted by Crippen LogP contribution is 2.35. The Kier molecular flexibility index (Phi) is 14.8. The number of hydrogen-bond acceptors (Lipinski definition) is 4. The van der Waals surface area contributed by atoms with Gasteiger partial charge >= 0.3 is 0 Å². The molecule has 160 valence electrons. The Hall–Kier alpha value is -0.710. The summed E-state index contributed by atoms with van der Waals surface area (Å²) >= 11 is 0. The summed E-state index contributed by atoms with van der Waals surface area (Å²) in [5.41, 5.74) is 0.660. The number of Topliss-reactive ketones (excluding diaryl/α,β-unsaturated/α-hetero) is 1. The molecule has 0 radical (unpaired) electrons. The molecule has 0 saturated carbocycles. The number of rotatable bonds is 18. The molecule has 0 aliphatic heterocycles. The molecular weight excluding hydrogens is 340 g/mol. The van der Waals surface area contributed by atoms with Crippen LogP contribution in [0, 0.1) is 11.8 Å². The van der Waals surface area contributed by atoms with Gasteiger partial charge < -0.3 is 14.2 Å². The zero-order valence-corrected chi connectivity index (χ0v) is 18.8. The normalized spacial score (nSPS) is 14.1. The van der Waals surface area contributed by atoms with Gasteiger partial charge in [-0.2, -0.15) is 0 Å². The summed E-state index contributed by atoms with van der Waals surface area (Å²) in [6, 6.07) is 0. The fourth-order valence-electron chi connectivity index (χ4n) is 3.85. The van der Waals surface area contributed by atoms with Crippen LogP contribution in [-0.2, 0) is 19.0 Å². The van der Waals surface area contributed by atoms with E-state index in [0.717, 1.165) is 32.1 Å². The Bertz CT molecular complexity index is 393. The van der Waals surface area contributed by atoms with Crippen molar-refractivity contribution in [3.05, 3.63) is 12.2 Å². The maximum atomic E-state index is 11.9. The fourth-order valence-corrected chi connectivity index (χ4v) is 3.85. The first-order chi connectivity index (χ1) is 12.9. The van der Waals surface area contributed by atoms with Crippen molar-refractivity contribution in [3.8, 4) is 0 Å². The van der Waals surface area contributed by atoms with Crippen molar-refractivity contribution in [1.29, 1.82) is 0 Å². The lowest BCUT2D eigenvalue weighted by Gasteiger charge is -2.35. The van der Waals surface area contributed by atoms with E-state index in [0.29, 0.717) is 23.8 Å². The largest absolute Gasteiger partial charge is 0.331 e. The molecule has 2 atom stereocenters. The molecule has 0 aromatic carbocycles. The van der Waals surface area contributed by atoms with E-state index >= 15 is 0 Å². The first-order valence-electron chi connectivity index (χ1n) is 10.7. The van der Waals surface area contributed by atoms with Crippen LogP contribution in [0.2, 0.25) is 0 Å². The minimum atomic E-state index is -0.977. The Morgan fingerprint density at radius 2 is 1.44 bits per heavy atom. The minimum Gasteiger partial charge on any atom is -0.331 e. The molecule has 2 unspecified atom stereocenters. The number of carbonyl (C=O) groups is 1. The van der Waals surface area contributed by atoms with Crippen LogP contribution >= 0.6 is 0 Å². The van der Waals surface area contributed by atoms with Crippen LogP contribution in [0.25, 0.3) is 0 Å². The van der Waals surface area contributed by atoms with Crippen molar-refractivity contribution in [2.45, 2.75) is 97.4 Å². The maximum absolute atomic E-state index is 11.9. The minimum absolute atomic E-state index is 0.181. The number of carbonyl (C=O) groups excluding carboxylic acids is 1. The van der Waals surface area contributed by atoms with Crippen molar-refractivity contribution in [3.63, 3.8) is 0 Å². The second-order valence-electron chi connectivity index (χ2n) is 7.73. The molecule has 0 rings (SSSR count). The highest BCUT2D eigenvalue weighted by molar-refractivity contribution is 5.93. The molecule has 0 bridgehead atoms. The molecule has 0 saturated heterocycles. The van der Waals surface area contributed by atoms with Gasteiger partial charge in [0.1, 0.15) is 0 Å². The van der Waals surface area contributed by atoms with Crippen LogP contribution in [0.3, 0.4) is 0 Å². The Labute approximate surface area is 168 Å². The molecule has 27 heavy (non-hydrogen) atoms. The van der Waals surface area contributed by atoms with E-state index in [1.165, 1.54) is 32.1 Å². The number of ketones is 1. The highest BCUT2D eigenvalue weighted by Gasteiger charge is 2.35. The Morgan fingerprint density at radius 1 is 0.889 bits per heavy atom. The summed E-state index contributed by atoms with van der Waals surface area (Å²) in [6.07, 6.45) is 11.9. The summed E-state index contributed by atoms with van der Waals surface area (Å²) in [4.78, 5) is 11.9. The third-order valence-corrected chi connectivity index (χ3v) is 5.77. The summed E-state index contributed by atoms with van der Waals surface area (Å²) < 4.78 is 16.7.